The highest BCUT2D eigenvalue weighted by Crippen LogP contribution is 2.18. The van der Waals surface area contributed by atoms with Crippen LogP contribution in [0.2, 0.25) is 10.0 Å². The number of benzene rings is 2. The molecule has 0 radical (unpaired) electrons. The highest BCUT2D eigenvalue weighted by molar-refractivity contribution is 6.30. The second-order valence-corrected chi connectivity index (χ2v) is 5.97. The van der Waals surface area contributed by atoms with E-state index in [2.05, 4.69) is 15.5 Å². The monoisotopic (exact) mass is 361 g/mol. The van der Waals surface area contributed by atoms with Gasteiger partial charge in [-0.2, -0.15) is 4.98 Å². The molecule has 0 atom stereocenters. The van der Waals surface area contributed by atoms with Gasteiger partial charge in [-0.3, -0.25) is 4.79 Å². The molecule has 7 heteroatoms. The summed E-state index contributed by atoms with van der Waals surface area (Å²) in [6.07, 6.45) is 0.259. The number of nitrogens with zero attached hydrogens (tertiary/aromatic N) is 2. The van der Waals surface area contributed by atoms with Gasteiger partial charge in [-0.1, -0.05) is 40.5 Å². The maximum atomic E-state index is 11.9. The summed E-state index contributed by atoms with van der Waals surface area (Å²) in [4.78, 5) is 16.2. The lowest BCUT2D eigenvalue weighted by Gasteiger charge is -2.02. The van der Waals surface area contributed by atoms with Crippen molar-refractivity contribution in [1.82, 2.24) is 15.5 Å². The van der Waals surface area contributed by atoms with E-state index in [-0.39, 0.29) is 18.9 Å². The van der Waals surface area contributed by atoms with E-state index < -0.39 is 0 Å². The fourth-order valence-electron chi connectivity index (χ4n) is 2.07. The molecule has 24 heavy (non-hydrogen) atoms. The summed E-state index contributed by atoms with van der Waals surface area (Å²) >= 11 is 11.7. The third-order valence-electron chi connectivity index (χ3n) is 3.29. The summed E-state index contributed by atoms with van der Waals surface area (Å²) in [6.45, 7) is 0.174. The maximum absolute atomic E-state index is 11.9. The van der Waals surface area contributed by atoms with Crippen molar-refractivity contribution in [3.05, 3.63) is 70.0 Å². The van der Waals surface area contributed by atoms with Gasteiger partial charge in [0.05, 0.1) is 13.0 Å². The van der Waals surface area contributed by atoms with Gasteiger partial charge in [0.25, 0.3) is 0 Å². The number of hydrogen-bond acceptors (Lipinski definition) is 4. The van der Waals surface area contributed by atoms with Gasteiger partial charge in [-0.15, -0.1) is 0 Å². The van der Waals surface area contributed by atoms with Crippen LogP contribution in [0.5, 0.6) is 0 Å². The summed E-state index contributed by atoms with van der Waals surface area (Å²) < 4.78 is 5.14. The minimum Gasteiger partial charge on any atom is -0.347 e. The van der Waals surface area contributed by atoms with Crippen LogP contribution >= 0.6 is 23.2 Å². The van der Waals surface area contributed by atoms with Gasteiger partial charge in [0.1, 0.15) is 0 Å². The molecular weight excluding hydrogens is 349 g/mol. The van der Waals surface area contributed by atoms with Crippen molar-refractivity contribution in [3.63, 3.8) is 0 Å². The van der Waals surface area contributed by atoms with E-state index in [1.54, 1.807) is 36.4 Å². The van der Waals surface area contributed by atoms with Gasteiger partial charge in [-0.25, -0.2) is 0 Å². The summed E-state index contributed by atoms with van der Waals surface area (Å²) in [5, 5.41) is 7.91. The molecule has 122 valence electrons. The Hall–Kier alpha value is -2.37. The Morgan fingerprint density at radius 2 is 1.62 bits per heavy atom. The first-order chi connectivity index (χ1) is 11.6. The first-order valence-electron chi connectivity index (χ1n) is 7.20. The molecule has 1 aromatic heterocycles. The van der Waals surface area contributed by atoms with Crippen LogP contribution < -0.4 is 5.32 Å². The predicted octanol–water partition coefficient (Wildman–Crippen LogP) is 3.90. The summed E-state index contributed by atoms with van der Waals surface area (Å²) in [5.41, 5.74) is 1.67. The topological polar surface area (TPSA) is 68.0 Å². The molecule has 0 bridgehead atoms. The zero-order valence-electron chi connectivity index (χ0n) is 12.5. The molecule has 3 aromatic rings. The third-order valence-corrected chi connectivity index (χ3v) is 3.79. The Labute approximate surface area is 148 Å². The third kappa shape index (κ3) is 4.34. The lowest BCUT2D eigenvalue weighted by atomic mass is 10.1. The fraction of sp³-hybridized carbons (Fsp3) is 0.118. The van der Waals surface area contributed by atoms with Gasteiger partial charge in [0, 0.05) is 15.6 Å². The summed E-state index contributed by atoms with van der Waals surface area (Å²) in [6, 6.07) is 14.2. The van der Waals surface area contributed by atoms with Crippen molar-refractivity contribution >= 4 is 29.1 Å². The number of carbonyl (C=O) groups is 1. The fourth-order valence-corrected chi connectivity index (χ4v) is 2.32. The van der Waals surface area contributed by atoms with Crippen LogP contribution in [0.3, 0.4) is 0 Å². The van der Waals surface area contributed by atoms with E-state index in [0.29, 0.717) is 21.8 Å². The Kier molecular flexibility index (Phi) is 5.13. The van der Waals surface area contributed by atoms with Crippen LogP contribution in [0.25, 0.3) is 11.4 Å². The number of hydrogen-bond donors (Lipinski definition) is 1. The number of aromatic nitrogens is 2. The maximum Gasteiger partial charge on any atom is 0.246 e. The van der Waals surface area contributed by atoms with Crippen molar-refractivity contribution in [1.29, 1.82) is 0 Å². The number of rotatable bonds is 5. The lowest BCUT2D eigenvalue weighted by molar-refractivity contribution is -0.120. The average molecular weight is 362 g/mol. The molecule has 0 spiro atoms. The van der Waals surface area contributed by atoms with Crippen molar-refractivity contribution in [2.24, 2.45) is 0 Å². The van der Waals surface area contributed by atoms with E-state index in [9.17, 15) is 4.79 Å². The molecule has 0 aliphatic heterocycles. The van der Waals surface area contributed by atoms with Crippen molar-refractivity contribution in [2.45, 2.75) is 13.0 Å². The molecule has 1 N–H and O–H groups in total. The highest BCUT2D eigenvalue weighted by atomic mass is 35.5. The molecule has 1 amide bonds. The van der Waals surface area contributed by atoms with Crippen molar-refractivity contribution in [3.8, 4) is 11.4 Å². The first-order valence-corrected chi connectivity index (χ1v) is 7.95. The predicted molar refractivity (Wildman–Crippen MR) is 91.7 cm³/mol. The van der Waals surface area contributed by atoms with Crippen LogP contribution in [-0.4, -0.2) is 16.0 Å². The largest absolute Gasteiger partial charge is 0.347 e. The molecule has 5 nitrogen and oxygen atoms in total. The lowest BCUT2D eigenvalue weighted by Crippen LogP contribution is -2.24. The van der Waals surface area contributed by atoms with Crippen molar-refractivity contribution < 1.29 is 9.32 Å². The van der Waals surface area contributed by atoms with Crippen molar-refractivity contribution in [2.75, 3.05) is 0 Å². The molecule has 0 unspecified atom stereocenters. The molecule has 2 aromatic carbocycles. The zero-order chi connectivity index (χ0) is 16.9. The van der Waals surface area contributed by atoms with E-state index in [0.717, 1.165) is 11.1 Å². The molecule has 0 fully saturated rings. The summed E-state index contributed by atoms with van der Waals surface area (Å²) in [7, 11) is 0. The Morgan fingerprint density at radius 1 is 1.00 bits per heavy atom. The average Bonchev–Trinajstić information content (AvgIpc) is 3.05. The second-order valence-electron chi connectivity index (χ2n) is 5.10. The van der Waals surface area contributed by atoms with Gasteiger partial charge in [-0.05, 0) is 42.0 Å². The van der Waals surface area contributed by atoms with E-state index in [1.807, 2.05) is 12.1 Å². The standard InChI is InChI=1S/C17H13Cl2N3O2/c18-13-5-1-11(2-6-13)9-15(23)20-10-16-21-17(22-24-16)12-3-7-14(19)8-4-12/h1-8H,9-10H2,(H,20,23). The quantitative estimate of drug-likeness (QED) is 0.748. The van der Waals surface area contributed by atoms with Crippen LogP contribution in [0.1, 0.15) is 11.5 Å². The minimum atomic E-state index is -0.136. The number of halogens is 2. The Balaban J connectivity index is 1.56. The van der Waals surface area contributed by atoms with E-state index in [4.69, 9.17) is 27.7 Å². The van der Waals surface area contributed by atoms with Gasteiger partial charge in [0.15, 0.2) is 0 Å². The van der Waals surface area contributed by atoms with Crippen LogP contribution in [-0.2, 0) is 17.8 Å². The van der Waals surface area contributed by atoms with Gasteiger partial charge >= 0.3 is 0 Å². The zero-order valence-corrected chi connectivity index (χ0v) is 14.0. The van der Waals surface area contributed by atoms with Gasteiger partial charge < -0.3 is 9.84 Å². The molecule has 1 heterocycles. The second kappa shape index (κ2) is 7.47. The van der Waals surface area contributed by atoms with E-state index in [1.165, 1.54) is 0 Å². The minimum absolute atomic E-state index is 0.136. The molecule has 0 saturated heterocycles. The highest BCUT2D eigenvalue weighted by Gasteiger charge is 2.10. The smallest absolute Gasteiger partial charge is 0.246 e. The van der Waals surface area contributed by atoms with Gasteiger partial charge in [0.2, 0.25) is 17.6 Å². The molecular formula is C17H13Cl2N3O2. The molecule has 3 rings (SSSR count). The van der Waals surface area contributed by atoms with Crippen LogP contribution in [0, 0.1) is 0 Å². The Morgan fingerprint density at radius 3 is 2.29 bits per heavy atom. The number of carbonyl (C=O) groups excluding carboxylic acids is 1. The molecule has 0 aliphatic carbocycles. The van der Waals surface area contributed by atoms with E-state index >= 15 is 0 Å². The molecule has 0 saturated carbocycles. The number of amides is 1. The summed E-state index contributed by atoms with van der Waals surface area (Å²) in [5.74, 6) is 0.654. The van der Waals surface area contributed by atoms with Crippen LogP contribution in [0.4, 0.5) is 0 Å². The first kappa shape index (κ1) is 16.5. The van der Waals surface area contributed by atoms with Crippen LogP contribution in [0.15, 0.2) is 53.1 Å². The number of nitrogens with one attached hydrogen (secondary N) is 1. The Bertz CT molecular complexity index is 830. The normalized spacial score (nSPS) is 10.6. The SMILES string of the molecule is O=C(Cc1ccc(Cl)cc1)NCc1nc(-c2ccc(Cl)cc2)no1. The molecule has 0 aliphatic rings.